The van der Waals surface area contributed by atoms with Crippen LogP contribution in [0.25, 0.3) is 0 Å². The summed E-state index contributed by atoms with van der Waals surface area (Å²) in [6.07, 6.45) is 3.56. The molecular weight excluding hydrogens is 222 g/mol. The lowest BCUT2D eigenvalue weighted by Gasteiger charge is -2.53. The van der Waals surface area contributed by atoms with Crippen LogP contribution in [0.4, 0.5) is 0 Å². The van der Waals surface area contributed by atoms with E-state index in [1.165, 1.54) is 32.4 Å². The van der Waals surface area contributed by atoms with E-state index in [-0.39, 0.29) is 11.1 Å². The van der Waals surface area contributed by atoms with E-state index in [9.17, 15) is 0 Å². The van der Waals surface area contributed by atoms with Crippen molar-refractivity contribution in [3.63, 3.8) is 0 Å². The molecule has 0 bridgehead atoms. The van der Waals surface area contributed by atoms with Gasteiger partial charge in [0, 0.05) is 36.8 Å². The summed E-state index contributed by atoms with van der Waals surface area (Å²) in [6, 6.07) is 0.658. The average molecular weight is 255 g/mol. The second-order valence-corrected chi connectivity index (χ2v) is 6.78. The van der Waals surface area contributed by atoms with Crippen LogP contribution in [0.15, 0.2) is 0 Å². The molecule has 1 aliphatic rings. The van der Waals surface area contributed by atoms with E-state index in [1.807, 2.05) is 0 Å². The Bertz CT molecular complexity index is 252. The molecule has 1 rings (SSSR count). The highest BCUT2D eigenvalue weighted by Gasteiger charge is 2.42. The fourth-order valence-electron chi connectivity index (χ4n) is 3.01. The number of likely N-dealkylation sites (N-methyl/N-ethyl adjacent to an activating group) is 1. The van der Waals surface area contributed by atoms with Crippen molar-refractivity contribution in [1.82, 2.24) is 9.80 Å². The second-order valence-electron chi connectivity index (χ2n) is 6.78. The molecule has 1 aliphatic heterocycles. The lowest BCUT2D eigenvalue weighted by molar-refractivity contribution is -0.0243. The third kappa shape index (κ3) is 3.06. The van der Waals surface area contributed by atoms with Crippen LogP contribution in [0, 0.1) is 0 Å². The van der Waals surface area contributed by atoms with Crippen molar-refractivity contribution in [2.24, 2.45) is 5.73 Å². The molecule has 1 fully saturated rings. The Morgan fingerprint density at radius 1 is 1.28 bits per heavy atom. The minimum Gasteiger partial charge on any atom is -0.329 e. The van der Waals surface area contributed by atoms with Crippen molar-refractivity contribution in [2.75, 3.05) is 26.7 Å². The molecule has 1 heterocycles. The smallest absolute Gasteiger partial charge is 0.0358 e. The highest BCUT2D eigenvalue weighted by Crippen LogP contribution is 2.34. The molecular formula is C15H33N3. The van der Waals surface area contributed by atoms with Gasteiger partial charge in [0.25, 0.3) is 0 Å². The van der Waals surface area contributed by atoms with Gasteiger partial charge in [-0.2, -0.15) is 0 Å². The molecule has 0 aliphatic carbocycles. The van der Waals surface area contributed by atoms with Gasteiger partial charge < -0.3 is 10.6 Å². The van der Waals surface area contributed by atoms with Crippen LogP contribution in [0.5, 0.6) is 0 Å². The van der Waals surface area contributed by atoms with Gasteiger partial charge in [0.05, 0.1) is 0 Å². The van der Waals surface area contributed by atoms with Crippen LogP contribution >= 0.6 is 0 Å². The van der Waals surface area contributed by atoms with Gasteiger partial charge in [-0.25, -0.2) is 0 Å². The van der Waals surface area contributed by atoms with Crippen molar-refractivity contribution in [3.05, 3.63) is 0 Å². The van der Waals surface area contributed by atoms with Crippen molar-refractivity contribution in [3.8, 4) is 0 Å². The zero-order valence-corrected chi connectivity index (χ0v) is 13.3. The molecule has 108 valence electrons. The maximum absolute atomic E-state index is 6.15. The molecule has 0 unspecified atom stereocenters. The predicted octanol–water partition coefficient (Wildman–Crippen LogP) is 2.31. The Labute approximate surface area is 114 Å². The molecule has 18 heavy (non-hydrogen) atoms. The molecule has 0 spiro atoms. The number of nitrogens with zero attached hydrogens (tertiary/aromatic N) is 2. The largest absolute Gasteiger partial charge is 0.329 e. The second kappa shape index (κ2) is 5.89. The van der Waals surface area contributed by atoms with E-state index in [2.05, 4.69) is 51.5 Å². The predicted molar refractivity (Wildman–Crippen MR) is 79.9 cm³/mol. The van der Waals surface area contributed by atoms with E-state index in [0.717, 1.165) is 6.54 Å². The SMILES string of the molecule is CCC(C)(C)N(C)C1(CN)CCN(C(C)C)CC1. The zero-order chi connectivity index (χ0) is 14.0. The molecule has 0 aromatic carbocycles. The fourth-order valence-corrected chi connectivity index (χ4v) is 3.01. The lowest BCUT2D eigenvalue weighted by Crippen LogP contribution is -2.63. The number of nitrogens with two attached hydrogens (primary N) is 1. The summed E-state index contributed by atoms with van der Waals surface area (Å²) in [5.74, 6) is 0. The maximum atomic E-state index is 6.15. The van der Waals surface area contributed by atoms with E-state index < -0.39 is 0 Å². The topological polar surface area (TPSA) is 32.5 Å². The van der Waals surface area contributed by atoms with E-state index in [0.29, 0.717) is 6.04 Å². The van der Waals surface area contributed by atoms with E-state index in [1.54, 1.807) is 0 Å². The number of rotatable bonds is 5. The first-order valence-electron chi connectivity index (χ1n) is 7.47. The van der Waals surface area contributed by atoms with Gasteiger partial charge in [-0.3, -0.25) is 4.90 Å². The first-order valence-corrected chi connectivity index (χ1v) is 7.47. The Hall–Kier alpha value is -0.120. The van der Waals surface area contributed by atoms with Gasteiger partial charge in [0.1, 0.15) is 0 Å². The highest BCUT2D eigenvalue weighted by molar-refractivity contribution is 5.00. The minimum absolute atomic E-state index is 0.199. The van der Waals surface area contributed by atoms with Crippen LogP contribution in [0.3, 0.4) is 0 Å². The Kier molecular flexibility index (Phi) is 5.22. The molecule has 0 amide bonds. The van der Waals surface area contributed by atoms with Gasteiger partial charge in [0.15, 0.2) is 0 Å². The fraction of sp³-hybridized carbons (Fsp3) is 1.00. The Balaban J connectivity index is 2.77. The molecule has 0 atom stereocenters. The van der Waals surface area contributed by atoms with Crippen molar-refractivity contribution in [2.45, 2.75) is 71.0 Å². The molecule has 2 N–H and O–H groups in total. The van der Waals surface area contributed by atoms with Crippen molar-refractivity contribution >= 4 is 0 Å². The highest BCUT2D eigenvalue weighted by atomic mass is 15.3. The van der Waals surface area contributed by atoms with Crippen LogP contribution in [-0.4, -0.2) is 53.6 Å². The summed E-state index contributed by atoms with van der Waals surface area (Å²) >= 11 is 0. The van der Waals surface area contributed by atoms with Crippen LogP contribution < -0.4 is 5.73 Å². The molecule has 0 radical (unpaired) electrons. The van der Waals surface area contributed by atoms with E-state index in [4.69, 9.17) is 5.73 Å². The molecule has 3 nitrogen and oxygen atoms in total. The molecule has 0 aromatic rings. The van der Waals surface area contributed by atoms with Crippen LogP contribution in [-0.2, 0) is 0 Å². The maximum Gasteiger partial charge on any atom is 0.0358 e. The van der Waals surface area contributed by atoms with Gasteiger partial charge in [-0.05, 0) is 54.0 Å². The van der Waals surface area contributed by atoms with Gasteiger partial charge in [0.2, 0.25) is 0 Å². The summed E-state index contributed by atoms with van der Waals surface area (Å²) < 4.78 is 0. The Morgan fingerprint density at radius 3 is 2.11 bits per heavy atom. The number of hydrogen-bond donors (Lipinski definition) is 1. The Morgan fingerprint density at radius 2 is 1.78 bits per heavy atom. The first kappa shape index (κ1) is 15.9. The van der Waals surface area contributed by atoms with Crippen molar-refractivity contribution < 1.29 is 0 Å². The summed E-state index contributed by atoms with van der Waals surface area (Å²) in [6.45, 7) is 14.6. The van der Waals surface area contributed by atoms with Crippen LogP contribution in [0.2, 0.25) is 0 Å². The lowest BCUT2D eigenvalue weighted by atomic mass is 9.81. The third-order valence-corrected chi connectivity index (χ3v) is 5.32. The molecule has 3 heteroatoms. The summed E-state index contributed by atoms with van der Waals surface area (Å²) in [5.41, 5.74) is 6.59. The van der Waals surface area contributed by atoms with Gasteiger partial charge in [-0.15, -0.1) is 0 Å². The standard InChI is InChI=1S/C15H33N3/c1-7-14(4,5)17(6)15(12-16)8-10-18(11-9-15)13(2)3/h13H,7-12,16H2,1-6H3. The monoisotopic (exact) mass is 255 g/mol. The third-order valence-electron chi connectivity index (χ3n) is 5.32. The van der Waals surface area contributed by atoms with Gasteiger partial charge >= 0.3 is 0 Å². The normalized spacial score (nSPS) is 21.8. The molecule has 1 saturated heterocycles. The number of piperidine rings is 1. The summed E-state index contributed by atoms with van der Waals surface area (Å²) in [5, 5.41) is 0. The molecule has 0 saturated carbocycles. The number of hydrogen-bond acceptors (Lipinski definition) is 3. The van der Waals surface area contributed by atoms with Gasteiger partial charge in [-0.1, -0.05) is 6.92 Å². The van der Waals surface area contributed by atoms with E-state index >= 15 is 0 Å². The first-order chi connectivity index (χ1) is 8.29. The summed E-state index contributed by atoms with van der Waals surface area (Å²) in [4.78, 5) is 5.12. The zero-order valence-electron chi connectivity index (χ0n) is 13.3. The molecule has 0 aromatic heterocycles. The number of likely N-dealkylation sites (tertiary alicyclic amines) is 1. The summed E-state index contributed by atoms with van der Waals surface area (Å²) in [7, 11) is 2.27. The van der Waals surface area contributed by atoms with Crippen molar-refractivity contribution in [1.29, 1.82) is 0 Å². The quantitative estimate of drug-likeness (QED) is 0.818. The minimum atomic E-state index is 0.199. The van der Waals surface area contributed by atoms with Crippen LogP contribution in [0.1, 0.15) is 53.9 Å². The average Bonchev–Trinajstić information content (AvgIpc) is 2.37.